The van der Waals surface area contributed by atoms with Gasteiger partial charge in [-0.25, -0.2) is 18.6 Å². The molecule has 0 radical (unpaired) electrons. The molecule has 2 unspecified atom stereocenters. The molecule has 3 aliphatic rings. The van der Waals surface area contributed by atoms with Crippen molar-refractivity contribution in [3.8, 4) is 28.4 Å². The molecule has 9 nitrogen and oxygen atoms in total. The number of imidazole rings is 1. The minimum absolute atomic E-state index is 0.0252. The van der Waals surface area contributed by atoms with Crippen LogP contribution in [0.3, 0.4) is 0 Å². The van der Waals surface area contributed by atoms with E-state index in [9.17, 15) is 18.4 Å². The fourth-order valence-electron chi connectivity index (χ4n) is 7.68. The molecule has 0 spiro atoms. The molecule has 2 bridgehead atoms. The van der Waals surface area contributed by atoms with E-state index in [0.29, 0.717) is 52.2 Å². The summed E-state index contributed by atoms with van der Waals surface area (Å²) in [5, 5.41) is 0.951. The summed E-state index contributed by atoms with van der Waals surface area (Å²) >= 11 is 0. The van der Waals surface area contributed by atoms with Crippen LogP contribution >= 0.6 is 0 Å². The summed E-state index contributed by atoms with van der Waals surface area (Å²) in [6.07, 6.45) is 4.23. The van der Waals surface area contributed by atoms with Gasteiger partial charge in [-0.1, -0.05) is 12.1 Å². The molecule has 2 aliphatic carbocycles. The Morgan fingerprint density at radius 1 is 0.979 bits per heavy atom. The van der Waals surface area contributed by atoms with Crippen LogP contribution in [0.2, 0.25) is 0 Å². The van der Waals surface area contributed by atoms with Gasteiger partial charge in [0, 0.05) is 48.7 Å². The Morgan fingerprint density at radius 3 is 2.38 bits per heavy atom. The summed E-state index contributed by atoms with van der Waals surface area (Å²) in [6.45, 7) is 1.44. The van der Waals surface area contributed by atoms with Crippen molar-refractivity contribution in [1.29, 1.82) is 0 Å². The molecule has 1 amide bonds. The van der Waals surface area contributed by atoms with E-state index in [1.54, 1.807) is 13.2 Å². The van der Waals surface area contributed by atoms with Crippen molar-refractivity contribution in [2.45, 2.75) is 44.3 Å². The van der Waals surface area contributed by atoms with Crippen molar-refractivity contribution >= 4 is 33.8 Å². The summed E-state index contributed by atoms with van der Waals surface area (Å²) < 4.78 is 44.3. The van der Waals surface area contributed by atoms with Gasteiger partial charge in [0.15, 0.2) is 5.82 Å². The van der Waals surface area contributed by atoms with Gasteiger partial charge in [0.25, 0.3) is 5.91 Å². The van der Waals surface area contributed by atoms with Crippen LogP contribution in [0.15, 0.2) is 48.5 Å². The number of benzene rings is 3. The number of hydrogen-bond donors (Lipinski definition) is 1. The number of likely N-dealkylation sites (tertiary alicyclic amines) is 1. The first-order valence-corrected chi connectivity index (χ1v) is 16.0. The quantitative estimate of drug-likeness (QED) is 0.222. The predicted molar refractivity (Wildman–Crippen MR) is 173 cm³/mol. The first-order chi connectivity index (χ1) is 22.7. The van der Waals surface area contributed by atoms with Crippen LogP contribution < -0.4 is 10.5 Å². The second-order valence-electron chi connectivity index (χ2n) is 13.1. The smallest absolute Gasteiger partial charge is 0.343 e. The molecule has 2 saturated carbocycles. The fourth-order valence-corrected chi connectivity index (χ4v) is 7.68. The van der Waals surface area contributed by atoms with Crippen molar-refractivity contribution in [2.24, 2.45) is 24.6 Å². The van der Waals surface area contributed by atoms with Crippen LogP contribution in [0, 0.1) is 23.5 Å². The van der Waals surface area contributed by atoms with Crippen LogP contribution in [0.1, 0.15) is 46.4 Å². The highest BCUT2D eigenvalue weighted by Crippen LogP contribution is 2.41. The van der Waals surface area contributed by atoms with E-state index in [-0.39, 0.29) is 18.0 Å². The number of amides is 1. The van der Waals surface area contributed by atoms with Crippen molar-refractivity contribution in [3.05, 3.63) is 71.3 Å². The summed E-state index contributed by atoms with van der Waals surface area (Å²) in [6, 6.07) is 13.8. The Kier molecular flexibility index (Phi) is 6.87. The van der Waals surface area contributed by atoms with E-state index in [1.807, 2.05) is 40.8 Å². The third-order valence-electron chi connectivity index (χ3n) is 10.4. The Hall–Kier alpha value is -4.77. The maximum absolute atomic E-state index is 14.9. The summed E-state index contributed by atoms with van der Waals surface area (Å²) in [7, 11) is 4.62. The van der Waals surface area contributed by atoms with E-state index >= 15 is 0 Å². The van der Waals surface area contributed by atoms with Gasteiger partial charge in [0.1, 0.15) is 28.5 Å². The predicted octanol–water partition coefficient (Wildman–Crippen LogP) is 5.91. The van der Waals surface area contributed by atoms with Crippen LogP contribution in [0.25, 0.3) is 44.6 Å². The normalized spacial score (nSPS) is 20.5. The number of halogens is 2. The van der Waals surface area contributed by atoms with Gasteiger partial charge in [-0.2, -0.15) is 0 Å². The largest absolute Gasteiger partial charge is 0.494 e. The highest BCUT2D eigenvalue weighted by molar-refractivity contribution is 6.01. The topological polar surface area (TPSA) is 105 Å². The Balaban J connectivity index is 1.23. The highest BCUT2D eigenvalue weighted by atomic mass is 19.1. The molecule has 3 heterocycles. The number of nitrogens with zero attached hydrogens (tertiary/aromatic N) is 4. The average molecular weight is 640 g/mol. The van der Waals surface area contributed by atoms with E-state index in [1.165, 1.54) is 0 Å². The lowest BCUT2D eigenvalue weighted by atomic mass is 10.0. The zero-order valence-corrected chi connectivity index (χ0v) is 26.4. The standard InChI is InChI=1S/C36H35F2N5O4/c1-41-33-26(12-23(15-30(33)46-2)35(44)43-17-21-8-9-27(43)32(21)39)40-34(41)29-14-20-7-6-19(13-28(20)42(29)16-18-4-5-18)22-10-24(37)31(25(38)11-22)36(45)47-3/h6-7,10-15,18,21,27,32H,4-5,8-9,16-17,39H2,1-3H3/t21?,27?,32-/m1/s1. The third-order valence-corrected chi connectivity index (χ3v) is 10.4. The lowest BCUT2D eigenvalue weighted by Crippen LogP contribution is -2.41. The first kappa shape index (κ1) is 29.6. The molecule has 2 aromatic heterocycles. The van der Waals surface area contributed by atoms with Gasteiger partial charge in [0.2, 0.25) is 0 Å². The SMILES string of the molecule is COC(=O)c1c(F)cc(-c2ccc3cc(-c4nc5cc(C(=O)N6CC7CCC6[C@@H]7N)cc(OC)c5n4C)n(CC4CC4)c3c2)cc1F. The monoisotopic (exact) mass is 639 g/mol. The molecule has 2 N–H and O–H groups in total. The molecule has 242 valence electrons. The second kappa shape index (κ2) is 10.9. The molecule has 47 heavy (non-hydrogen) atoms. The van der Waals surface area contributed by atoms with Crippen LogP contribution in [-0.4, -0.2) is 63.7 Å². The van der Waals surface area contributed by atoms with Crippen molar-refractivity contribution in [2.75, 3.05) is 20.8 Å². The molecule has 3 atom stereocenters. The van der Waals surface area contributed by atoms with Gasteiger partial charge in [-0.05, 0) is 85.0 Å². The van der Waals surface area contributed by atoms with Gasteiger partial charge in [-0.15, -0.1) is 0 Å². The third kappa shape index (κ3) is 4.70. The van der Waals surface area contributed by atoms with Crippen molar-refractivity contribution in [3.63, 3.8) is 0 Å². The van der Waals surface area contributed by atoms with E-state index in [0.717, 1.165) is 73.6 Å². The number of esters is 1. The van der Waals surface area contributed by atoms with Gasteiger partial charge >= 0.3 is 5.97 Å². The molecule has 8 rings (SSSR count). The molecule has 3 fully saturated rings. The number of nitrogens with two attached hydrogens (primary N) is 1. The van der Waals surface area contributed by atoms with Gasteiger partial charge < -0.3 is 29.2 Å². The number of piperidine rings is 1. The molecular weight excluding hydrogens is 604 g/mol. The Labute approximate surface area is 269 Å². The zero-order chi connectivity index (χ0) is 32.7. The molecule has 11 heteroatoms. The average Bonchev–Trinajstić information content (AvgIpc) is 3.47. The molecule has 1 aliphatic heterocycles. The van der Waals surface area contributed by atoms with Crippen molar-refractivity contribution in [1.82, 2.24) is 19.0 Å². The summed E-state index contributed by atoms with van der Waals surface area (Å²) in [5.41, 5.74) is 10.4. The second-order valence-corrected chi connectivity index (χ2v) is 13.1. The zero-order valence-electron chi connectivity index (χ0n) is 26.4. The van der Waals surface area contributed by atoms with E-state index in [2.05, 4.69) is 15.4 Å². The molecule has 3 aromatic carbocycles. The Morgan fingerprint density at radius 2 is 1.74 bits per heavy atom. The number of carbonyl (C=O) groups excluding carboxylic acids is 2. The summed E-state index contributed by atoms with van der Waals surface area (Å²) in [5.74, 6) is -0.939. The number of aromatic nitrogens is 3. The minimum atomic E-state index is -1.06. The lowest BCUT2D eigenvalue weighted by Gasteiger charge is -2.27. The van der Waals surface area contributed by atoms with Crippen LogP contribution in [-0.2, 0) is 18.3 Å². The van der Waals surface area contributed by atoms with Gasteiger partial charge in [-0.3, -0.25) is 4.79 Å². The van der Waals surface area contributed by atoms with Crippen LogP contribution in [0.4, 0.5) is 8.78 Å². The van der Waals surface area contributed by atoms with E-state index in [4.69, 9.17) is 15.5 Å². The number of ether oxygens (including phenoxy) is 2. The number of fused-ring (bicyclic) bond motifs is 4. The molecule has 5 aromatic rings. The maximum atomic E-state index is 14.9. The number of carbonyl (C=O) groups is 2. The number of aryl methyl sites for hydroxylation is 1. The fraction of sp³-hybridized carbons (Fsp3) is 0.361. The maximum Gasteiger partial charge on any atom is 0.343 e. The van der Waals surface area contributed by atoms with E-state index < -0.39 is 23.2 Å². The van der Waals surface area contributed by atoms with Crippen molar-refractivity contribution < 1.29 is 27.8 Å². The minimum Gasteiger partial charge on any atom is -0.494 e. The number of hydrogen-bond acceptors (Lipinski definition) is 6. The lowest BCUT2D eigenvalue weighted by molar-refractivity contribution is 0.0589. The number of rotatable bonds is 7. The van der Waals surface area contributed by atoms with Crippen LogP contribution in [0.5, 0.6) is 5.75 Å². The van der Waals surface area contributed by atoms with Gasteiger partial charge in [0.05, 0.1) is 25.4 Å². The number of methoxy groups -OCH3 is 2. The molecular formula is C36H35F2N5O4. The summed E-state index contributed by atoms with van der Waals surface area (Å²) in [4.78, 5) is 32.6. The molecule has 1 saturated heterocycles. The first-order valence-electron chi connectivity index (χ1n) is 16.0. The Bertz CT molecular complexity index is 2090. The highest BCUT2D eigenvalue weighted by Gasteiger charge is 2.47.